The average molecular weight is 473 g/mol. The summed E-state index contributed by atoms with van der Waals surface area (Å²) < 4.78 is 23.1. The highest BCUT2D eigenvalue weighted by molar-refractivity contribution is 5.76. The second kappa shape index (κ2) is 8.62. The first-order valence-electron chi connectivity index (χ1n) is 13.1. The third kappa shape index (κ3) is 3.27. The number of fused-ring (bicyclic) bond motifs is 5. The van der Waals surface area contributed by atoms with E-state index in [1.165, 1.54) is 12.7 Å². The Kier molecular flexibility index (Phi) is 6.16. The molecular weight excluding hydrogens is 432 g/mol. The molecule has 0 radical (unpaired) electrons. The summed E-state index contributed by atoms with van der Waals surface area (Å²) in [5.41, 5.74) is -0.212. The van der Waals surface area contributed by atoms with Crippen LogP contribution in [0.2, 0.25) is 0 Å². The lowest BCUT2D eigenvalue weighted by Gasteiger charge is -2.60. The Bertz CT molecular complexity index is 884. The standard InChI is InChI=1S/C28H40O6/c1-5-11-26-14-15-27(33-16-17-34-27)18-19(26)7-8-20-21-10-13-28(30,23(32-6-2)24(29)31-4)25(21,3)12-9-22(20)26/h1,7,20-23,30H,6,8-18H2,2-4H3/t20-,21-,22-,23-,25-,26-,28+/m0/s1. The van der Waals surface area contributed by atoms with Gasteiger partial charge in [0.2, 0.25) is 0 Å². The maximum atomic E-state index is 12.7. The van der Waals surface area contributed by atoms with E-state index in [0.717, 1.165) is 51.4 Å². The molecule has 5 aliphatic rings. The monoisotopic (exact) mass is 472 g/mol. The number of terminal acetylenes is 1. The Morgan fingerprint density at radius 3 is 2.65 bits per heavy atom. The summed E-state index contributed by atoms with van der Waals surface area (Å²) in [5.74, 6) is 3.32. The molecule has 1 saturated heterocycles. The number of hydrogen-bond acceptors (Lipinski definition) is 6. The number of allylic oxidation sites excluding steroid dienone is 1. The van der Waals surface area contributed by atoms with Gasteiger partial charge in [0, 0.05) is 36.7 Å². The van der Waals surface area contributed by atoms with E-state index < -0.39 is 28.9 Å². The zero-order valence-electron chi connectivity index (χ0n) is 20.9. The van der Waals surface area contributed by atoms with Gasteiger partial charge in [-0.2, -0.15) is 0 Å². The first-order chi connectivity index (χ1) is 16.3. The molecule has 6 nitrogen and oxygen atoms in total. The van der Waals surface area contributed by atoms with Crippen LogP contribution in [0, 0.1) is 40.9 Å². The number of carbonyl (C=O) groups excluding carboxylic acids is 1. The second-order valence-electron chi connectivity index (χ2n) is 11.4. The first-order valence-corrected chi connectivity index (χ1v) is 13.1. The number of hydrogen-bond donors (Lipinski definition) is 1. The lowest BCUT2D eigenvalue weighted by atomic mass is 9.45. The van der Waals surface area contributed by atoms with E-state index >= 15 is 0 Å². The molecule has 4 fully saturated rings. The van der Waals surface area contributed by atoms with Crippen molar-refractivity contribution in [2.75, 3.05) is 26.9 Å². The average Bonchev–Trinajstić information content (AvgIpc) is 3.40. The lowest BCUT2D eigenvalue weighted by molar-refractivity contribution is -0.210. The molecule has 0 bridgehead atoms. The molecular formula is C28H40O6. The molecule has 1 heterocycles. The van der Waals surface area contributed by atoms with Crippen molar-refractivity contribution in [2.45, 2.75) is 89.1 Å². The molecule has 0 aromatic carbocycles. The van der Waals surface area contributed by atoms with Gasteiger partial charge in [-0.15, -0.1) is 12.3 Å². The van der Waals surface area contributed by atoms with Gasteiger partial charge >= 0.3 is 5.97 Å². The zero-order valence-corrected chi connectivity index (χ0v) is 20.9. The maximum Gasteiger partial charge on any atom is 0.338 e. The van der Waals surface area contributed by atoms with Crippen molar-refractivity contribution in [1.29, 1.82) is 0 Å². The van der Waals surface area contributed by atoms with Crippen LogP contribution < -0.4 is 0 Å². The van der Waals surface area contributed by atoms with E-state index in [0.29, 0.717) is 44.0 Å². The van der Waals surface area contributed by atoms with Gasteiger partial charge in [-0.3, -0.25) is 0 Å². The molecule has 3 saturated carbocycles. The third-order valence-electron chi connectivity index (χ3n) is 10.5. The van der Waals surface area contributed by atoms with Crippen LogP contribution in [-0.4, -0.2) is 55.5 Å². The minimum atomic E-state index is -1.23. The molecule has 0 unspecified atom stereocenters. The van der Waals surface area contributed by atoms with Crippen molar-refractivity contribution >= 4 is 5.97 Å². The summed E-state index contributed by atoms with van der Waals surface area (Å²) >= 11 is 0. The predicted molar refractivity (Wildman–Crippen MR) is 126 cm³/mol. The molecule has 0 aromatic heterocycles. The van der Waals surface area contributed by atoms with Crippen LogP contribution in [0.1, 0.15) is 71.6 Å². The lowest BCUT2D eigenvalue weighted by Crippen LogP contribution is -2.61. The van der Waals surface area contributed by atoms with Crippen LogP contribution in [-0.2, 0) is 23.7 Å². The summed E-state index contributed by atoms with van der Waals surface area (Å²) in [6, 6.07) is 0. The normalized spacial score (nSPS) is 43.3. The highest BCUT2D eigenvalue weighted by atomic mass is 16.7. The van der Waals surface area contributed by atoms with Crippen molar-refractivity contribution in [1.82, 2.24) is 0 Å². The summed E-state index contributed by atoms with van der Waals surface area (Å²) in [5, 5.41) is 12.1. The topological polar surface area (TPSA) is 74.2 Å². The van der Waals surface area contributed by atoms with E-state index in [4.69, 9.17) is 25.4 Å². The third-order valence-corrected chi connectivity index (χ3v) is 10.5. The van der Waals surface area contributed by atoms with E-state index in [2.05, 4.69) is 18.9 Å². The van der Waals surface area contributed by atoms with E-state index in [1.807, 2.05) is 6.92 Å². The highest BCUT2D eigenvalue weighted by Crippen LogP contribution is 2.69. The summed E-state index contributed by atoms with van der Waals surface area (Å²) in [4.78, 5) is 12.7. The molecule has 1 spiro atoms. The molecule has 4 aliphatic carbocycles. The van der Waals surface area contributed by atoms with Gasteiger partial charge in [0.05, 0.1) is 20.3 Å². The number of methoxy groups -OCH3 is 1. The van der Waals surface area contributed by atoms with Gasteiger partial charge in [0.25, 0.3) is 0 Å². The number of rotatable bonds is 5. The molecule has 188 valence electrons. The fraction of sp³-hybridized carbons (Fsp3) is 0.821. The largest absolute Gasteiger partial charge is 0.467 e. The van der Waals surface area contributed by atoms with Crippen LogP contribution in [0.5, 0.6) is 0 Å². The van der Waals surface area contributed by atoms with Crippen LogP contribution >= 0.6 is 0 Å². The SMILES string of the molecule is C#CC[C@]12CCC3(CC1=CC[C@@H]1[C@@H]2CC[C@@]2(C)[C@H]1CC[C@@]2(O)[C@@H](OCC)C(=O)OC)OCCO3. The first kappa shape index (κ1) is 24.3. The molecule has 5 rings (SSSR count). The fourth-order valence-corrected chi connectivity index (χ4v) is 8.82. The number of esters is 1. The fourth-order valence-electron chi connectivity index (χ4n) is 8.82. The van der Waals surface area contributed by atoms with Crippen LogP contribution in [0.3, 0.4) is 0 Å². The van der Waals surface area contributed by atoms with E-state index in [9.17, 15) is 9.90 Å². The maximum absolute atomic E-state index is 12.7. The summed E-state index contributed by atoms with van der Waals surface area (Å²) in [6.07, 6.45) is 15.2. The Morgan fingerprint density at radius 2 is 1.97 bits per heavy atom. The van der Waals surface area contributed by atoms with Crippen molar-refractivity contribution < 1.29 is 28.8 Å². The zero-order chi connectivity index (χ0) is 24.2. The van der Waals surface area contributed by atoms with Gasteiger partial charge in [-0.25, -0.2) is 4.79 Å². The van der Waals surface area contributed by atoms with E-state index in [1.54, 1.807) is 0 Å². The van der Waals surface area contributed by atoms with Crippen molar-refractivity contribution in [2.24, 2.45) is 28.6 Å². The van der Waals surface area contributed by atoms with Crippen LogP contribution in [0.25, 0.3) is 0 Å². The van der Waals surface area contributed by atoms with Crippen molar-refractivity contribution in [3.63, 3.8) is 0 Å². The quantitative estimate of drug-likeness (QED) is 0.370. The van der Waals surface area contributed by atoms with Gasteiger partial charge in [-0.1, -0.05) is 18.6 Å². The summed E-state index contributed by atoms with van der Waals surface area (Å²) in [6.45, 7) is 5.73. The van der Waals surface area contributed by atoms with Gasteiger partial charge < -0.3 is 24.1 Å². The van der Waals surface area contributed by atoms with Crippen molar-refractivity contribution in [3.8, 4) is 12.3 Å². The minimum absolute atomic E-state index is 0.0120. The number of ether oxygens (including phenoxy) is 4. The highest BCUT2D eigenvalue weighted by Gasteiger charge is 2.68. The molecule has 1 aliphatic heterocycles. The van der Waals surface area contributed by atoms with Crippen molar-refractivity contribution in [3.05, 3.63) is 11.6 Å². The van der Waals surface area contributed by atoms with Crippen LogP contribution in [0.4, 0.5) is 0 Å². The summed E-state index contributed by atoms with van der Waals surface area (Å²) in [7, 11) is 1.37. The van der Waals surface area contributed by atoms with Crippen LogP contribution in [0.15, 0.2) is 11.6 Å². The Balaban J connectivity index is 1.47. The molecule has 0 aromatic rings. The van der Waals surface area contributed by atoms with E-state index in [-0.39, 0.29) is 5.41 Å². The Morgan fingerprint density at radius 1 is 1.24 bits per heavy atom. The van der Waals surface area contributed by atoms with Gasteiger partial charge in [0.15, 0.2) is 11.9 Å². The molecule has 1 N–H and O–H groups in total. The minimum Gasteiger partial charge on any atom is -0.467 e. The molecule has 0 amide bonds. The Labute approximate surface area is 203 Å². The predicted octanol–water partition coefficient (Wildman–Crippen LogP) is 4.00. The molecule has 6 heteroatoms. The second-order valence-corrected chi connectivity index (χ2v) is 11.4. The molecule has 34 heavy (non-hydrogen) atoms. The smallest absolute Gasteiger partial charge is 0.338 e. The van der Waals surface area contributed by atoms with Gasteiger partial charge in [-0.05, 0) is 63.2 Å². The Hall–Kier alpha value is -1.39. The number of aliphatic hydroxyl groups is 1. The number of carbonyl (C=O) groups is 1. The molecule has 7 atom stereocenters. The van der Waals surface area contributed by atoms with Gasteiger partial charge in [0.1, 0.15) is 5.60 Å².